The van der Waals surface area contributed by atoms with E-state index in [4.69, 9.17) is 9.47 Å². The first kappa shape index (κ1) is 26.2. The van der Waals surface area contributed by atoms with Crippen molar-refractivity contribution in [2.75, 3.05) is 45.9 Å². The summed E-state index contributed by atoms with van der Waals surface area (Å²) in [5.41, 5.74) is -0.485. The average Bonchev–Trinajstić information content (AvgIpc) is 2.55. The Bertz CT molecular complexity index is 457. The zero-order valence-electron chi connectivity index (χ0n) is 17.6. The number of ether oxygens (including phenoxy) is 2. The first-order valence-corrected chi connectivity index (χ1v) is 9.55. The number of halogens is 1. The van der Waals surface area contributed by atoms with Crippen LogP contribution in [0.3, 0.4) is 0 Å². The summed E-state index contributed by atoms with van der Waals surface area (Å²) in [6.07, 6.45) is -0.406. The molecule has 1 heterocycles. The molecule has 0 spiro atoms. The molecule has 8 nitrogen and oxygen atoms in total. The summed E-state index contributed by atoms with van der Waals surface area (Å²) >= 11 is 0. The normalized spacial score (nSPS) is 19.6. The highest BCUT2D eigenvalue weighted by Crippen LogP contribution is 2.10. The fourth-order valence-corrected chi connectivity index (χ4v) is 2.72. The second-order valence-electron chi connectivity index (χ2n) is 7.59. The number of aliphatic imine (C=N–C) groups is 1. The van der Waals surface area contributed by atoms with E-state index in [0.29, 0.717) is 31.7 Å². The summed E-state index contributed by atoms with van der Waals surface area (Å²) in [6.45, 7) is 17.0. The van der Waals surface area contributed by atoms with Crippen LogP contribution in [0.15, 0.2) is 4.99 Å². The van der Waals surface area contributed by atoms with Gasteiger partial charge in [0.2, 0.25) is 0 Å². The molecule has 0 aliphatic carbocycles. The number of amides is 1. The van der Waals surface area contributed by atoms with Crippen molar-refractivity contribution in [1.29, 1.82) is 0 Å². The van der Waals surface area contributed by atoms with Crippen molar-refractivity contribution in [3.63, 3.8) is 0 Å². The number of alkyl carbamates (subject to hydrolysis) is 1. The number of morpholine rings is 1. The van der Waals surface area contributed by atoms with E-state index in [9.17, 15) is 4.79 Å². The van der Waals surface area contributed by atoms with Gasteiger partial charge < -0.3 is 25.4 Å². The zero-order valence-corrected chi connectivity index (χ0v) is 20.0. The molecule has 0 aromatic carbocycles. The van der Waals surface area contributed by atoms with E-state index in [1.54, 1.807) is 0 Å². The summed E-state index contributed by atoms with van der Waals surface area (Å²) in [6, 6.07) is 0.770. The van der Waals surface area contributed by atoms with Gasteiger partial charge in [-0.1, -0.05) is 0 Å². The molecule has 160 valence electrons. The maximum Gasteiger partial charge on any atom is 0.407 e. The molecular weight excluding hydrogens is 461 g/mol. The van der Waals surface area contributed by atoms with Crippen LogP contribution in [0.2, 0.25) is 0 Å². The SMILES string of the molecule is CCNC(=NCC(C)N1CCOCC1C)NCCNC(=O)OC(C)(C)C.I. The van der Waals surface area contributed by atoms with Gasteiger partial charge in [0.25, 0.3) is 0 Å². The Balaban J connectivity index is 0.00000676. The third-order valence-corrected chi connectivity index (χ3v) is 3.93. The number of hydrogen-bond acceptors (Lipinski definition) is 5. The Hall–Kier alpha value is -0.810. The number of nitrogens with one attached hydrogen (secondary N) is 3. The molecule has 0 saturated carbocycles. The lowest BCUT2D eigenvalue weighted by Gasteiger charge is -2.37. The van der Waals surface area contributed by atoms with Gasteiger partial charge in [-0.15, -0.1) is 24.0 Å². The maximum atomic E-state index is 11.6. The third kappa shape index (κ3) is 11.6. The van der Waals surface area contributed by atoms with Gasteiger partial charge in [0.15, 0.2) is 5.96 Å². The lowest BCUT2D eigenvalue weighted by molar-refractivity contribution is -0.0165. The van der Waals surface area contributed by atoms with Gasteiger partial charge in [-0.05, 0) is 41.5 Å². The highest BCUT2D eigenvalue weighted by Gasteiger charge is 2.23. The molecule has 0 aromatic heterocycles. The molecule has 1 amide bonds. The quantitative estimate of drug-likeness (QED) is 0.214. The van der Waals surface area contributed by atoms with Crippen LogP contribution in [-0.2, 0) is 9.47 Å². The molecule has 0 radical (unpaired) electrons. The summed E-state index contributed by atoms with van der Waals surface area (Å²) in [5, 5.41) is 9.19. The van der Waals surface area contributed by atoms with Crippen molar-refractivity contribution in [1.82, 2.24) is 20.9 Å². The van der Waals surface area contributed by atoms with Crippen molar-refractivity contribution in [2.24, 2.45) is 4.99 Å². The van der Waals surface area contributed by atoms with Crippen molar-refractivity contribution >= 4 is 36.0 Å². The van der Waals surface area contributed by atoms with E-state index in [1.165, 1.54) is 0 Å². The van der Waals surface area contributed by atoms with Gasteiger partial charge in [-0.25, -0.2) is 4.79 Å². The van der Waals surface area contributed by atoms with E-state index < -0.39 is 11.7 Å². The van der Waals surface area contributed by atoms with Crippen LogP contribution in [-0.4, -0.2) is 80.6 Å². The van der Waals surface area contributed by atoms with Crippen LogP contribution < -0.4 is 16.0 Å². The Morgan fingerprint density at radius 1 is 1.30 bits per heavy atom. The Kier molecular flexibility index (Phi) is 13.0. The third-order valence-electron chi connectivity index (χ3n) is 3.93. The van der Waals surface area contributed by atoms with Crippen LogP contribution in [0.25, 0.3) is 0 Å². The molecule has 2 atom stereocenters. The molecule has 9 heteroatoms. The lowest BCUT2D eigenvalue weighted by Crippen LogP contribution is -2.50. The zero-order chi connectivity index (χ0) is 19.6. The standard InChI is InChI=1S/C18H37N5O3.HI/c1-7-19-16(20-8-9-21-17(24)26-18(4,5)6)22-12-14(2)23-10-11-25-13-15(23)3;/h14-15H,7-13H2,1-6H3,(H,21,24)(H2,19,20,22);1H. The number of carbonyl (C=O) groups is 1. The minimum Gasteiger partial charge on any atom is -0.444 e. The molecule has 1 aliphatic heterocycles. The Labute approximate surface area is 181 Å². The Morgan fingerprint density at radius 3 is 2.56 bits per heavy atom. The highest BCUT2D eigenvalue weighted by atomic mass is 127. The van der Waals surface area contributed by atoms with Crippen LogP contribution >= 0.6 is 24.0 Å². The molecule has 1 fully saturated rings. The number of hydrogen-bond donors (Lipinski definition) is 3. The molecule has 2 unspecified atom stereocenters. The molecule has 3 N–H and O–H groups in total. The van der Waals surface area contributed by atoms with Gasteiger partial charge in [0.1, 0.15) is 5.60 Å². The predicted octanol–water partition coefficient (Wildman–Crippen LogP) is 1.79. The summed E-state index contributed by atoms with van der Waals surface area (Å²) in [7, 11) is 0. The van der Waals surface area contributed by atoms with E-state index in [1.807, 2.05) is 27.7 Å². The van der Waals surface area contributed by atoms with Gasteiger partial charge in [-0.2, -0.15) is 0 Å². The average molecular weight is 499 g/mol. The molecule has 0 aromatic rings. The van der Waals surface area contributed by atoms with E-state index in [-0.39, 0.29) is 24.0 Å². The Morgan fingerprint density at radius 2 is 1.96 bits per heavy atom. The van der Waals surface area contributed by atoms with Crippen LogP contribution in [0, 0.1) is 0 Å². The molecule has 1 saturated heterocycles. The minimum atomic E-state index is -0.485. The van der Waals surface area contributed by atoms with Gasteiger partial charge in [0.05, 0.1) is 19.8 Å². The summed E-state index contributed by atoms with van der Waals surface area (Å²) < 4.78 is 10.7. The lowest BCUT2D eigenvalue weighted by atomic mass is 10.2. The highest BCUT2D eigenvalue weighted by molar-refractivity contribution is 14.0. The van der Waals surface area contributed by atoms with Crippen LogP contribution in [0.1, 0.15) is 41.5 Å². The van der Waals surface area contributed by atoms with Gasteiger partial charge in [-0.3, -0.25) is 9.89 Å². The first-order chi connectivity index (χ1) is 12.2. The fourth-order valence-electron chi connectivity index (χ4n) is 2.72. The monoisotopic (exact) mass is 499 g/mol. The van der Waals surface area contributed by atoms with E-state index in [2.05, 4.69) is 39.7 Å². The number of guanidine groups is 1. The molecule has 1 rings (SSSR count). The van der Waals surface area contributed by atoms with Gasteiger partial charge in [0, 0.05) is 38.3 Å². The molecular formula is C18H38IN5O3. The largest absolute Gasteiger partial charge is 0.444 e. The molecule has 27 heavy (non-hydrogen) atoms. The smallest absolute Gasteiger partial charge is 0.407 e. The van der Waals surface area contributed by atoms with Crippen molar-refractivity contribution in [3.8, 4) is 0 Å². The predicted molar refractivity (Wildman–Crippen MR) is 120 cm³/mol. The van der Waals surface area contributed by atoms with Crippen LogP contribution in [0.4, 0.5) is 4.79 Å². The topological polar surface area (TPSA) is 87.2 Å². The number of rotatable bonds is 7. The second-order valence-corrected chi connectivity index (χ2v) is 7.59. The maximum absolute atomic E-state index is 11.6. The second kappa shape index (κ2) is 13.4. The number of carbonyl (C=O) groups excluding carboxylic acids is 1. The summed E-state index contributed by atoms with van der Waals surface area (Å²) in [4.78, 5) is 18.7. The number of nitrogens with zero attached hydrogens (tertiary/aromatic N) is 2. The molecule has 0 bridgehead atoms. The molecule has 1 aliphatic rings. The van der Waals surface area contributed by atoms with Crippen molar-refractivity contribution in [3.05, 3.63) is 0 Å². The van der Waals surface area contributed by atoms with Crippen molar-refractivity contribution < 1.29 is 14.3 Å². The van der Waals surface area contributed by atoms with Crippen LogP contribution in [0.5, 0.6) is 0 Å². The first-order valence-electron chi connectivity index (χ1n) is 9.55. The van der Waals surface area contributed by atoms with Crippen molar-refractivity contribution in [2.45, 2.75) is 59.2 Å². The van der Waals surface area contributed by atoms with E-state index in [0.717, 1.165) is 32.3 Å². The fraction of sp³-hybridized carbons (Fsp3) is 0.889. The minimum absolute atomic E-state index is 0. The summed E-state index contributed by atoms with van der Waals surface area (Å²) in [5.74, 6) is 0.756. The van der Waals surface area contributed by atoms with E-state index >= 15 is 0 Å². The van der Waals surface area contributed by atoms with Gasteiger partial charge >= 0.3 is 6.09 Å².